The first kappa shape index (κ1) is 17.4. The molecule has 1 aromatic carbocycles. The van der Waals surface area contributed by atoms with E-state index in [2.05, 4.69) is 29.2 Å². The van der Waals surface area contributed by atoms with E-state index in [0.717, 1.165) is 26.1 Å². The number of piperidine rings is 1. The van der Waals surface area contributed by atoms with E-state index in [1.54, 1.807) is 0 Å². The lowest BCUT2D eigenvalue weighted by Crippen LogP contribution is -2.44. The van der Waals surface area contributed by atoms with Crippen LogP contribution in [0.5, 0.6) is 0 Å². The zero-order chi connectivity index (χ0) is 16.8. The van der Waals surface area contributed by atoms with E-state index in [9.17, 15) is 9.90 Å². The summed E-state index contributed by atoms with van der Waals surface area (Å²) in [7, 11) is 0. The molecule has 0 spiro atoms. The third-order valence-electron chi connectivity index (χ3n) is 5.29. The van der Waals surface area contributed by atoms with Gasteiger partial charge in [-0.15, -0.1) is 0 Å². The third-order valence-corrected chi connectivity index (χ3v) is 5.29. The molecule has 0 aliphatic carbocycles. The number of hydrogen-bond donors (Lipinski definition) is 1. The number of amides is 1. The van der Waals surface area contributed by atoms with Crippen LogP contribution >= 0.6 is 0 Å². The van der Waals surface area contributed by atoms with Crippen molar-refractivity contribution in [2.45, 2.75) is 18.8 Å². The van der Waals surface area contributed by atoms with Gasteiger partial charge in [-0.05, 0) is 24.4 Å². The van der Waals surface area contributed by atoms with Crippen LogP contribution in [-0.2, 0) is 9.53 Å². The molecule has 1 aromatic rings. The van der Waals surface area contributed by atoms with Gasteiger partial charge < -0.3 is 19.6 Å². The molecule has 2 aliphatic rings. The summed E-state index contributed by atoms with van der Waals surface area (Å²) in [4.78, 5) is 16.5. The maximum atomic E-state index is 12.3. The first-order valence-electron chi connectivity index (χ1n) is 9.01. The SMILES string of the molecule is O=C(CCN1CC[C@@H](c2ccccc2)[C@@H](CO)C1)N1CCOCC1. The molecule has 2 aliphatic heterocycles. The zero-order valence-electron chi connectivity index (χ0n) is 14.3. The second-order valence-electron chi connectivity index (χ2n) is 6.79. The molecular weight excluding hydrogens is 304 g/mol. The van der Waals surface area contributed by atoms with E-state index in [-0.39, 0.29) is 18.4 Å². The second-order valence-corrected chi connectivity index (χ2v) is 6.79. The zero-order valence-corrected chi connectivity index (χ0v) is 14.3. The molecule has 0 bridgehead atoms. The van der Waals surface area contributed by atoms with Gasteiger partial charge in [0.1, 0.15) is 0 Å². The maximum absolute atomic E-state index is 12.3. The van der Waals surface area contributed by atoms with Gasteiger partial charge in [-0.3, -0.25) is 4.79 Å². The number of morpholine rings is 1. The van der Waals surface area contributed by atoms with Crippen molar-refractivity contribution in [2.75, 3.05) is 52.5 Å². The fraction of sp³-hybridized carbons (Fsp3) is 0.632. The molecule has 0 saturated carbocycles. The average Bonchev–Trinajstić information content (AvgIpc) is 2.67. The van der Waals surface area contributed by atoms with Crippen molar-refractivity contribution in [1.29, 1.82) is 0 Å². The molecule has 5 nitrogen and oxygen atoms in total. The lowest BCUT2D eigenvalue weighted by atomic mass is 9.81. The highest BCUT2D eigenvalue weighted by Crippen LogP contribution is 2.32. The number of carbonyl (C=O) groups is 1. The monoisotopic (exact) mass is 332 g/mol. The summed E-state index contributed by atoms with van der Waals surface area (Å²) >= 11 is 0. The van der Waals surface area contributed by atoms with Crippen LogP contribution in [-0.4, -0.2) is 73.4 Å². The van der Waals surface area contributed by atoms with Crippen LogP contribution in [0.4, 0.5) is 0 Å². The fourth-order valence-electron chi connectivity index (χ4n) is 3.86. The molecule has 2 atom stereocenters. The highest BCUT2D eigenvalue weighted by Gasteiger charge is 2.30. The van der Waals surface area contributed by atoms with Gasteiger partial charge in [0.25, 0.3) is 0 Å². The highest BCUT2D eigenvalue weighted by atomic mass is 16.5. The summed E-state index contributed by atoms with van der Waals surface area (Å²) < 4.78 is 5.29. The summed E-state index contributed by atoms with van der Waals surface area (Å²) in [5.74, 6) is 0.895. The molecule has 132 valence electrons. The predicted molar refractivity (Wildman–Crippen MR) is 92.8 cm³/mol. The number of benzene rings is 1. The molecular formula is C19H28N2O3. The van der Waals surface area contributed by atoms with E-state index < -0.39 is 0 Å². The summed E-state index contributed by atoms with van der Waals surface area (Å²) in [6.45, 7) is 5.59. The van der Waals surface area contributed by atoms with Gasteiger partial charge in [-0.2, -0.15) is 0 Å². The number of likely N-dealkylation sites (tertiary alicyclic amines) is 1. The second kappa shape index (κ2) is 8.60. The normalized spacial score (nSPS) is 25.6. The van der Waals surface area contributed by atoms with Crippen LogP contribution in [0.25, 0.3) is 0 Å². The minimum Gasteiger partial charge on any atom is -0.396 e. The van der Waals surface area contributed by atoms with Crippen LogP contribution in [0.15, 0.2) is 30.3 Å². The molecule has 3 rings (SSSR count). The van der Waals surface area contributed by atoms with Crippen LogP contribution in [0.1, 0.15) is 24.3 Å². The lowest BCUT2D eigenvalue weighted by molar-refractivity contribution is -0.135. The van der Waals surface area contributed by atoms with Gasteiger partial charge >= 0.3 is 0 Å². The summed E-state index contributed by atoms with van der Waals surface area (Å²) in [5, 5.41) is 9.81. The van der Waals surface area contributed by atoms with Crippen LogP contribution in [0.3, 0.4) is 0 Å². The van der Waals surface area contributed by atoms with E-state index in [1.807, 2.05) is 11.0 Å². The van der Waals surface area contributed by atoms with Crippen molar-refractivity contribution in [2.24, 2.45) is 5.92 Å². The number of rotatable bonds is 5. The van der Waals surface area contributed by atoms with Crippen molar-refractivity contribution >= 4 is 5.91 Å². The summed E-state index contributed by atoms with van der Waals surface area (Å²) in [6, 6.07) is 10.5. The average molecular weight is 332 g/mol. The third kappa shape index (κ3) is 4.35. The largest absolute Gasteiger partial charge is 0.396 e. The Balaban J connectivity index is 1.49. The van der Waals surface area contributed by atoms with E-state index in [0.29, 0.717) is 38.6 Å². The molecule has 0 unspecified atom stereocenters. The minimum atomic E-state index is 0.202. The van der Waals surface area contributed by atoms with Crippen molar-refractivity contribution in [3.05, 3.63) is 35.9 Å². The van der Waals surface area contributed by atoms with E-state index >= 15 is 0 Å². The molecule has 0 aromatic heterocycles. The standard InChI is InChI=1S/C19H28N2O3/c22-15-17-14-20(8-6-18(17)16-4-2-1-3-5-16)9-7-19(23)21-10-12-24-13-11-21/h1-5,17-18,22H,6-15H2/t17-,18+/m1/s1. The molecule has 2 saturated heterocycles. The molecule has 5 heteroatoms. The first-order valence-corrected chi connectivity index (χ1v) is 9.01. The molecule has 1 amide bonds. The van der Waals surface area contributed by atoms with Crippen molar-refractivity contribution in [3.63, 3.8) is 0 Å². The Labute approximate surface area is 144 Å². The van der Waals surface area contributed by atoms with Crippen molar-refractivity contribution in [3.8, 4) is 0 Å². The fourth-order valence-corrected chi connectivity index (χ4v) is 3.86. The van der Waals surface area contributed by atoms with Crippen LogP contribution in [0, 0.1) is 5.92 Å². The number of carbonyl (C=O) groups excluding carboxylic acids is 1. The number of ether oxygens (including phenoxy) is 1. The summed E-state index contributed by atoms with van der Waals surface area (Å²) in [5.41, 5.74) is 1.32. The number of hydrogen-bond acceptors (Lipinski definition) is 4. The Bertz CT molecular complexity index is 517. The van der Waals surface area contributed by atoms with Crippen LogP contribution < -0.4 is 0 Å². The molecule has 2 heterocycles. The number of aliphatic hydroxyl groups excluding tert-OH is 1. The van der Waals surface area contributed by atoms with Crippen LogP contribution in [0.2, 0.25) is 0 Å². The Kier molecular flexibility index (Phi) is 6.24. The molecule has 24 heavy (non-hydrogen) atoms. The van der Waals surface area contributed by atoms with E-state index in [4.69, 9.17) is 4.74 Å². The Morgan fingerprint density at radius 2 is 1.92 bits per heavy atom. The van der Waals surface area contributed by atoms with Gasteiger partial charge in [-0.25, -0.2) is 0 Å². The lowest BCUT2D eigenvalue weighted by Gasteiger charge is -2.38. The molecule has 1 N–H and O–H groups in total. The van der Waals surface area contributed by atoms with Gasteiger partial charge in [-0.1, -0.05) is 30.3 Å². The van der Waals surface area contributed by atoms with Gasteiger partial charge in [0.2, 0.25) is 5.91 Å². The summed E-state index contributed by atoms with van der Waals surface area (Å²) in [6.07, 6.45) is 1.61. The molecule has 0 radical (unpaired) electrons. The maximum Gasteiger partial charge on any atom is 0.224 e. The highest BCUT2D eigenvalue weighted by molar-refractivity contribution is 5.76. The van der Waals surface area contributed by atoms with E-state index in [1.165, 1.54) is 5.56 Å². The van der Waals surface area contributed by atoms with Crippen molar-refractivity contribution in [1.82, 2.24) is 9.80 Å². The minimum absolute atomic E-state index is 0.202. The molecule has 2 fully saturated rings. The Morgan fingerprint density at radius 1 is 1.17 bits per heavy atom. The Hall–Kier alpha value is -1.43. The van der Waals surface area contributed by atoms with Gasteiger partial charge in [0.05, 0.1) is 13.2 Å². The Morgan fingerprint density at radius 3 is 2.62 bits per heavy atom. The topological polar surface area (TPSA) is 53.0 Å². The van der Waals surface area contributed by atoms with Gasteiger partial charge in [0, 0.05) is 45.1 Å². The number of nitrogens with zero attached hydrogens (tertiary/aromatic N) is 2. The van der Waals surface area contributed by atoms with Crippen molar-refractivity contribution < 1.29 is 14.6 Å². The first-order chi connectivity index (χ1) is 11.8. The predicted octanol–water partition coefficient (Wildman–Crippen LogP) is 1.33. The quantitative estimate of drug-likeness (QED) is 0.884. The number of aliphatic hydroxyl groups is 1. The van der Waals surface area contributed by atoms with Gasteiger partial charge in [0.15, 0.2) is 0 Å². The smallest absolute Gasteiger partial charge is 0.224 e.